The molecule has 0 aromatic carbocycles. The third kappa shape index (κ3) is 2.51. The molecule has 0 radical (unpaired) electrons. The van der Waals surface area contributed by atoms with Crippen LogP contribution in [0.2, 0.25) is 5.02 Å². The van der Waals surface area contributed by atoms with Gasteiger partial charge in [0.25, 0.3) is 0 Å². The van der Waals surface area contributed by atoms with Crippen LogP contribution in [0.1, 0.15) is 6.92 Å². The number of pyridine rings is 1. The van der Waals surface area contributed by atoms with Crippen LogP contribution in [0.4, 0.5) is 5.82 Å². The number of nitrogens with one attached hydrogen (secondary N) is 1. The summed E-state index contributed by atoms with van der Waals surface area (Å²) in [6.07, 6.45) is 1.13. The number of rotatable bonds is 2. The van der Waals surface area contributed by atoms with Gasteiger partial charge in [-0.1, -0.05) is 11.6 Å². The zero-order valence-corrected chi connectivity index (χ0v) is 11.7. The van der Waals surface area contributed by atoms with Crippen LogP contribution in [0, 0.1) is 0 Å². The maximum absolute atomic E-state index is 12.4. The van der Waals surface area contributed by atoms with Crippen LogP contribution in [-0.4, -0.2) is 42.7 Å². The van der Waals surface area contributed by atoms with Gasteiger partial charge in [0.1, 0.15) is 16.8 Å². The third-order valence-electron chi connectivity index (χ3n) is 2.89. The summed E-state index contributed by atoms with van der Waals surface area (Å²) >= 11 is 5.77. The van der Waals surface area contributed by atoms with Crippen LogP contribution in [0.25, 0.3) is 0 Å². The Bertz CT molecular complexity index is 619. The van der Waals surface area contributed by atoms with E-state index in [2.05, 4.69) is 10.3 Å². The monoisotopic (exact) mass is 304 g/mol. The van der Waals surface area contributed by atoms with Crippen molar-refractivity contribution < 1.29 is 13.2 Å². The maximum Gasteiger partial charge on any atom is 0.245 e. The fourth-order valence-corrected chi connectivity index (χ4v) is 3.60. The number of nitrogens with two attached hydrogens (primary N) is 1. The molecule has 1 fully saturated rings. The molecular weight excluding hydrogens is 292 g/mol. The number of anilines is 1. The number of hydrogen-bond acceptors (Lipinski definition) is 5. The van der Waals surface area contributed by atoms with Gasteiger partial charge in [-0.25, -0.2) is 13.4 Å². The largest absolute Gasteiger partial charge is 0.382 e. The molecule has 1 saturated heterocycles. The lowest BCUT2D eigenvalue weighted by atomic mass is 10.2. The standard InChI is InChI=1S/C10H13ClN4O3S/c1-6-10(16)13-2-3-15(6)19(17,18)7-4-8(11)9(12)14-5-7/h4-6H,2-3H2,1H3,(H2,12,14)(H,13,16). The van der Waals surface area contributed by atoms with E-state index in [1.54, 1.807) is 0 Å². The van der Waals surface area contributed by atoms with Crippen molar-refractivity contribution in [2.75, 3.05) is 18.8 Å². The van der Waals surface area contributed by atoms with E-state index in [4.69, 9.17) is 17.3 Å². The Hall–Kier alpha value is -1.38. The Kier molecular flexibility index (Phi) is 3.66. The van der Waals surface area contributed by atoms with E-state index in [0.29, 0.717) is 0 Å². The smallest absolute Gasteiger partial charge is 0.245 e. The molecule has 19 heavy (non-hydrogen) atoms. The minimum atomic E-state index is -3.81. The second kappa shape index (κ2) is 4.95. The van der Waals surface area contributed by atoms with Gasteiger partial charge in [-0.15, -0.1) is 0 Å². The number of nitrogens with zero attached hydrogens (tertiary/aromatic N) is 2. The molecule has 0 saturated carbocycles. The SMILES string of the molecule is CC1C(=O)NCCN1S(=O)(=O)c1cnc(N)c(Cl)c1. The minimum absolute atomic E-state index is 0.0602. The Morgan fingerprint density at radius 2 is 2.26 bits per heavy atom. The van der Waals surface area contributed by atoms with Gasteiger partial charge in [0, 0.05) is 19.3 Å². The first-order valence-corrected chi connectivity index (χ1v) is 7.36. The average molecular weight is 305 g/mol. The quantitative estimate of drug-likeness (QED) is 0.789. The molecule has 1 aromatic heterocycles. The highest BCUT2D eigenvalue weighted by Gasteiger charge is 2.35. The van der Waals surface area contributed by atoms with Crippen LogP contribution in [-0.2, 0) is 14.8 Å². The van der Waals surface area contributed by atoms with Crippen molar-refractivity contribution in [2.45, 2.75) is 17.9 Å². The van der Waals surface area contributed by atoms with Gasteiger partial charge in [0.2, 0.25) is 15.9 Å². The Balaban J connectivity index is 2.41. The summed E-state index contributed by atoms with van der Waals surface area (Å²) in [5, 5.41) is 2.66. The van der Waals surface area contributed by atoms with Crippen molar-refractivity contribution in [1.82, 2.24) is 14.6 Å². The van der Waals surface area contributed by atoms with Crippen molar-refractivity contribution in [2.24, 2.45) is 0 Å². The summed E-state index contributed by atoms with van der Waals surface area (Å²) in [5.74, 6) is -0.269. The molecule has 1 atom stereocenters. The summed E-state index contributed by atoms with van der Waals surface area (Å²) in [4.78, 5) is 15.2. The topological polar surface area (TPSA) is 105 Å². The lowest BCUT2D eigenvalue weighted by Crippen LogP contribution is -2.55. The molecule has 0 bridgehead atoms. The van der Waals surface area contributed by atoms with Crippen molar-refractivity contribution in [3.05, 3.63) is 17.3 Å². The molecule has 2 heterocycles. The number of piperazine rings is 1. The first-order valence-electron chi connectivity index (χ1n) is 5.54. The molecule has 1 unspecified atom stereocenters. The predicted octanol–water partition coefficient (Wildman–Crippen LogP) is -0.174. The molecule has 1 amide bonds. The van der Waals surface area contributed by atoms with E-state index in [1.807, 2.05) is 0 Å². The average Bonchev–Trinajstić information content (AvgIpc) is 2.35. The molecule has 3 N–H and O–H groups in total. The zero-order chi connectivity index (χ0) is 14.2. The van der Waals surface area contributed by atoms with Gasteiger partial charge in [0.05, 0.1) is 5.02 Å². The summed E-state index contributed by atoms with van der Waals surface area (Å²) in [6.45, 7) is 2.01. The van der Waals surface area contributed by atoms with E-state index in [1.165, 1.54) is 13.0 Å². The van der Waals surface area contributed by atoms with Crippen LogP contribution in [0.5, 0.6) is 0 Å². The fourth-order valence-electron chi connectivity index (χ4n) is 1.80. The molecule has 1 aliphatic heterocycles. The molecule has 1 aromatic rings. The van der Waals surface area contributed by atoms with Gasteiger partial charge in [-0.3, -0.25) is 4.79 Å². The molecule has 0 aliphatic carbocycles. The second-order valence-corrected chi connectivity index (χ2v) is 6.42. The first-order chi connectivity index (χ1) is 8.84. The number of carbonyl (C=O) groups excluding carboxylic acids is 1. The van der Waals surface area contributed by atoms with Crippen molar-refractivity contribution in [1.29, 1.82) is 0 Å². The van der Waals surface area contributed by atoms with E-state index in [-0.39, 0.29) is 34.7 Å². The first kappa shape index (κ1) is 14.0. The summed E-state index contributed by atoms with van der Waals surface area (Å²) in [7, 11) is -3.81. The van der Waals surface area contributed by atoms with E-state index in [9.17, 15) is 13.2 Å². The highest BCUT2D eigenvalue weighted by atomic mass is 35.5. The highest BCUT2D eigenvalue weighted by Crippen LogP contribution is 2.24. The predicted molar refractivity (Wildman–Crippen MR) is 70.0 cm³/mol. The van der Waals surface area contributed by atoms with Crippen molar-refractivity contribution >= 4 is 33.3 Å². The highest BCUT2D eigenvalue weighted by molar-refractivity contribution is 7.89. The van der Waals surface area contributed by atoms with E-state index in [0.717, 1.165) is 10.5 Å². The van der Waals surface area contributed by atoms with Crippen LogP contribution >= 0.6 is 11.6 Å². The molecule has 2 rings (SSSR count). The maximum atomic E-state index is 12.4. The molecule has 7 nitrogen and oxygen atoms in total. The molecular formula is C10H13ClN4O3S. The number of sulfonamides is 1. The molecule has 0 spiro atoms. The Labute approximate surface area is 115 Å². The number of aromatic nitrogens is 1. The third-order valence-corrected chi connectivity index (χ3v) is 5.13. The molecule has 1 aliphatic rings. The van der Waals surface area contributed by atoms with Gasteiger partial charge >= 0.3 is 0 Å². The summed E-state index contributed by atoms with van der Waals surface area (Å²) in [6, 6.07) is 0.466. The lowest BCUT2D eigenvalue weighted by molar-refractivity contribution is -0.126. The number of nitrogen functional groups attached to an aromatic ring is 1. The van der Waals surface area contributed by atoms with Crippen molar-refractivity contribution in [3.8, 4) is 0 Å². The van der Waals surface area contributed by atoms with Gasteiger partial charge < -0.3 is 11.1 Å². The summed E-state index contributed by atoms with van der Waals surface area (Å²) < 4.78 is 25.9. The van der Waals surface area contributed by atoms with Crippen molar-refractivity contribution in [3.63, 3.8) is 0 Å². The van der Waals surface area contributed by atoms with E-state index < -0.39 is 16.1 Å². The lowest BCUT2D eigenvalue weighted by Gasteiger charge is -2.31. The molecule has 104 valence electrons. The van der Waals surface area contributed by atoms with Gasteiger partial charge in [-0.2, -0.15) is 4.31 Å². The zero-order valence-electron chi connectivity index (χ0n) is 10.1. The number of amides is 1. The summed E-state index contributed by atoms with van der Waals surface area (Å²) in [5.41, 5.74) is 5.44. The Morgan fingerprint density at radius 1 is 1.58 bits per heavy atom. The Morgan fingerprint density at radius 3 is 2.89 bits per heavy atom. The minimum Gasteiger partial charge on any atom is -0.382 e. The van der Waals surface area contributed by atoms with Gasteiger partial charge in [0.15, 0.2) is 0 Å². The second-order valence-electron chi connectivity index (χ2n) is 4.12. The normalized spacial score (nSPS) is 21.2. The van der Waals surface area contributed by atoms with Crippen LogP contribution in [0.3, 0.4) is 0 Å². The van der Waals surface area contributed by atoms with Crippen LogP contribution in [0.15, 0.2) is 17.2 Å². The number of carbonyl (C=O) groups is 1. The van der Waals surface area contributed by atoms with Crippen LogP contribution < -0.4 is 11.1 Å². The van der Waals surface area contributed by atoms with E-state index >= 15 is 0 Å². The number of hydrogen-bond donors (Lipinski definition) is 2. The molecule has 9 heteroatoms. The van der Waals surface area contributed by atoms with Gasteiger partial charge in [-0.05, 0) is 13.0 Å². The number of halogens is 1. The fraction of sp³-hybridized carbons (Fsp3) is 0.400.